The molecular formula is C20H21NO. The highest BCUT2D eigenvalue weighted by Gasteiger charge is 2.04. The maximum atomic E-state index is 9.36. The molecule has 3 rings (SSSR count). The van der Waals surface area contributed by atoms with Gasteiger partial charge in [0.15, 0.2) is 0 Å². The minimum atomic E-state index is -0.237. The van der Waals surface area contributed by atoms with Crippen LogP contribution in [0.5, 0.6) is 0 Å². The Morgan fingerprint density at radius 2 is 1.68 bits per heavy atom. The lowest BCUT2D eigenvalue weighted by Gasteiger charge is -2.08. The van der Waals surface area contributed by atoms with Crippen LogP contribution < -0.4 is 0 Å². The summed E-state index contributed by atoms with van der Waals surface area (Å²) in [6.07, 6.45) is 4.22. The minimum absolute atomic E-state index is 0.237. The number of fused-ring (bicyclic) bond motifs is 1. The van der Waals surface area contributed by atoms with Crippen molar-refractivity contribution in [3.63, 3.8) is 0 Å². The fourth-order valence-corrected chi connectivity index (χ4v) is 2.72. The van der Waals surface area contributed by atoms with Crippen LogP contribution in [0.25, 0.3) is 10.8 Å². The summed E-state index contributed by atoms with van der Waals surface area (Å²) in [7, 11) is 0. The molecule has 3 aromatic rings. The molecule has 2 nitrogen and oxygen atoms in total. The highest BCUT2D eigenvalue weighted by Crippen LogP contribution is 2.19. The summed E-state index contributed by atoms with van der Waals surface area (Å²) in [5.74, 6) is 0. The molecule has 0 fully saturated rings. The number of benzene rings is 2. The van der Waals surface area contributed by atoms with Crippen LogP contribution in [0.3, 0.4) is 0 Å². The Hall–Kier alpha value is -2.19. The number of rotatable bonds is 5. The van der Waals surface area contributed by atoms with Crippen LogP contribution >= 0.6 is 0 Å². The van der Waals surface area contributed by atoms with Gasteiger partial charge in [-0.15, -0.1) is 0 Å². The van der Waals surface area contributed by atoms with Crippen molar-refractivity contribution in [3.8, 4) is 0 Å². The van der Waals surface area contributed by atoms with Gasteiger partial charge in [0.05, 0.1) is 11.8 Å². The first-order valence-corrected chi connectivity index (χ1v) is 7.81. The van der Waals surface area contributed by atoms with Gasteiger partial charge in [0.1, 0.15) is 0 Å². The first-order valence-electron chi connectivity index (χ1n) is 7.81. The Bertz CT molecular complexity index is 742. The number of aromatic nitrogens is 1. The number of pyridine rings is 1. The second-order valence-corrected chi connectivity index (χ2v) is 5.86. The summed E-state index contributed by atoms with van der Waals surface area (Å²) in [5.41, 5.74) is 3.66. The molecule has 22 heavy (non-hydrogen) atoms. The second-order valence-electron chi connectivity index (χ2n) is 5.86. The Balaban J connectivity index is 1.77. The van der Waals surface area contributed by atoms with E-state index in [1.54, 1.807) is 0 Å². The Morgan fingerprint density at radius 1 is 0.955 bits per heavy atom. The molecule has 1 heterocycles. The molecule has 0 aliphatic rings. The molecule has 0 amide bonds. The normalized spacial score (nSPS) is 12.5. The smallest absolute Gasteiger partial charge is 0.0525 e. The average Bonchev–Trinajstić information content (AvgIpc) is 2.54. The van der Waals surface area contributed by atoms with Crippen molar-refractivity contribution in [1.29, 1.82) is 0 Å². The van der Waals surface area contributed by atoms with E-state index in [9.17, 15) is 5.11 Å². The molecule has 112 valence electrons. The summed E-state index contributed by atoms with van der Waals surface area (Å²) < 4.78 is 0. The van der Waals surface area contributed by atoms with E-state index in [-0.39, 0.29) is 6.10 Å². The van der Waals surface area contributed by atoms with E-state index in [2.05, 4.69) is 59.6 Å². The zero-order valence-corrected chi connectivity index (χ0v) is 12.9. The van der Waals surface area contributed by atoms with E-state index in [0.717, 1.165) is 25.0 Å². The van der Waals surface area contributed by atoms with Gasteiger partial charge in [-0.05, 0) is 42.3 Å². The van der Waals surface area contributed by atoms with Gasteiger partial charge in [-0.25, -0.2) is 0 Å². The van der Waals surface area contributed by atoms with E-state index in [0.29, 0.717) is 0 Å². The molecule has 0 aliphatic carbocycles. The van der Waals surface area contributed by atoms with Gasteiger partial charge in [-0.2, -0.15) is 0 Å². The van der Waals surface area contributed by atoms with E-state index in [1.807, 2.05) is 13.1 Å². The molecule has 0 radical (unpaired) electrons. The van der Waals surface area contributed by atoms with Crippen molar-refractivity contribution in [2.45, 2.75) is 32.3 Å². The van der Waals surface area contributed by atoms with Crippen LogP contribution in [0.1, 0.15) is 30.2 Å². The van der Waals surface area contributed by atoms with Gasteiger partial charge in [0.25, 0.3) is 0 Å². The summed E-state index contributed by atoms with van der Waals surface area (Å²) in [6, 6.07) is 19.1. The zero-order valence-electron chi connectivity index (χ0n) is 12.9. The molecule has 0 bridgehead atoms. The zero-order chi connectivity index (χ0) is 15.4. The highest BCUT2D eigenvalue weighted by molar-refractivity contribution is 5.84. The molecule has 2 heteroatoms. The maximum absolute atomic E-state index is 9.36. The number of nitrogens with zero attached hydrogens (tertiary/aromatic N) is 1. The maximum Gasteiger partial charge on any atom is 0.0525 e. The predicted molar refractivity (Wildman–Crippen MR) is 91.0 cm³/mol. The topological polar surface area (TPSA) is 33.1 Å². The van der Waals surface area contributed by atoms with Crippen LogP contribution in [0, 0.1) is 0 Å². The van der Waals surface area contributed by atoms with Crippen molar-refractivity contribution in [2.24, 2.45) is 0 Å². The third kappa shape index (κ3) is 3.52. The van der Waals surface area contributed by atoms with E-state index in [1.165, 1.54) is 21.9 Å². The van der Waals surface area contributed by atoms with Crippen LogP contribution in [-0.2, 0) is 12.8 Å². The molecule has 0 spiro atoms. The number of hydrogen-bond donors (Lipinski definition) is 1. The standard InChI is InChI=1S/C20H21NO/c1-15(22)6-7-16-8-10-17(11-9-16)14-20-19-5-3-2-4-18(19)12-13-21-20/h2-5,8-13,15,22H,6-7,14H2,1H3. The van der Waals surface area contributed by atoms with Gasteiger partial charge in [0, 0.05) is 18.0 Å². The van der Waals surface area contributed by atoms with Gasteiger partial charge in [-0.3, -0.25) is 4.98 Å². The number of aliphatic hydroxyl groups is 1. The molecule has 0 saturated carbocycles. The van der Waals surface area contributed by atoms with E-state index in [4.69, 9.17) is 0 Å². The molecule has 1 atom stereocenters. The first kappa shape index (κ1) is 14.7. The highest BCUT2D eigenvalue weighted by atomic mass is 16.3. The molecule has 2 aromatic carbocycles. The molecule has 0 saturated heterocycles. The lowest BCUT2D eigenvalue weighted by atomic mass is 10.0. The lowest BCUT2D eigenvalue weighted by Crippen LogP contribution is -2.01. The molecule has 0 aliphatic heterocycles. The first-order chi connectivity index (χ1) is 10.7. The third-order valence-electron chi connectivity index (χ3n) is 4.00. The van der Waals surface area contributed by atoms with Gasteiger partial charge in [0.2, 0.25) is 0 Å². The molecule has 1 aromatic heterocycles. The van der Waals surface area contributed by atoms with Crippen molar-refractivity contribution in [3.05, 3.63) is 77.6 Å². The largest absolute Gasteiger partial charge is 0.393 e. The quantitative estimate of drug-likeness (QED) is 0.766. The number of aryl methyl sites for hydroxylation is 1. The number of aliphatic hydroxyl groups excluding tert-OH is 1. The van der Waals surface area contributed by atoms with Crippen LogP contribution in [0.15, 0.2) is 60.8 Å². The fraction of sp³-hybridized carbons (Fsp3) is 0.250. The van der Waals surface area contributed by atoms with Crippen LogP contribution in [0.4, 0.5) is 0 Å². The third-order valence-corrected chi connectivity index (χ3v) is 4.00. The van der Waals surface area contributed by atoms with Gasteiger partial charge in [-0.1, -0.05) is 48.5 Å². The lowest BCUT2D eigenvalue weighted by molar-refractivity contribution is 0.185. The van der Waals surface area contributed by atoms with Gasteiger partial charge < -0.3 is 5.11 Å². The van der Waals surface area contributed by atoms with Crippen LogP contribution in [-0.4, -0.2) is 16.2 Å². The molecular weight excluding hydrogens is 270 g/mol. The molecule has 1 N–H and O–H groups in total. The van der Waals surface area contributed by atoms with Crippen molar-refractivity contribution in [1.82, 2.24) is 4.98 Å². The van der Waals surface area contributed by atoms with Crippen LogP contribution in [0.2, 0.25) is 0 Å². The van der Waals surface area contributed by atoms with Crippen molar-refractivity contribution >= 4 is 10.8 Å². The van der Waals surface area contributed by atoms with Crippen molar-refractivity contribution < 1.29 is 5.11 Å². The summed E-state index contributed by atoms with van der Waals surface area (Å²) in [5, 5.41) is 11.8. The summed E-state index contributed by atoms with van der Waals surface area (Å²) in [4.78, 5) is 4.55. The molecule has 1 unspecified atom stereocenters. The monoisotopic (exact) mass is 291 g/mol. The fourth-order valence-electron chi connectivity index (χ4n) is 2.72. The summed E-state index contributed by atoms with van der Waals surface area (Å²) >= 11 is 0. The van der Waals surface area contributed by atoms with E-state index >= 15 is 0 Å². The Kier molecular flexibility index (Phi) is 4.50. The SMILES string of the molecule is CC(O)CCc1ccc(Cc2nccc3ccccc23)cc1. The average molecular weight is 291 g/mol. The van der Waals surface area contributed by atoms with E-state index < -0.39 is 0 Å². The number of hydrogen-bond acceptors (Lipinski definition) is 2. The Morgan fingerprint density at radius 3 is 2.45 bits per heavy atom. The predicted octanol–water partition coefficient (Wildman–Crippen LogP) is 4.14. The van der Waals surface area contributed by atoms with Crippen molar-refractivity contribution in [2.75, 3.05) is 0 Å². The minimum Gasteiger partial charge on any atom is -0.393 e. The van der Waals surface area contributed by atoms with Gasteiger partial charge >= 0.3 is 0 Å². The summed E-state index contributed by atoms with van der Waals surface area (Å²) in [6.45, 7) is 1.83. The second kappa shape index (κ2) is 6.71. The Labute approximate surface area is 131 Å².